The third kappa shape index (κ3) is 2.64. The summed E-state index contributed by atoms with van der Waals surface area (Å²) in [5.41, 5.74) is 1.03. The maximum absolute atomic E-state index is 13.8. The minimum absolute atomic E-state index is 0.255. The molecule has 1 N–H and O–H groups in total. The Morgan fingerprint density at radius 1 is 1.28 bits per heavy atom. The van der Waals surface area contributed by atoms with Crippen molar-refractivity contribution in [2.75, 3.05) is 11.9 Å². The lowest BCUT2D eigenvalue weighted by Crippen LogP contribution is -2.08. The highest BCUT2D eigenvalue weighted by atomic mass is 32.1. The smallest absolute Gasteiger partial charge is 0.186 e. The van der Waals surface area contributed by atoms with Crippen molar-refractivity contribution >= 4 is 17.2 Å². The molecule has 4 nitrogen and oxygen atoms in total. The number of halogens is 1. The van der Waals surface area contributed by atoms with Crippen LogP contribution in [0.4, 0.5) is 10.2 Å². The van der Waals surface area contributed by atoms with E-state index >= 15 is 0 Å². The zero-order valence-electron chi connectivity index (χ0n) is 10.6. The molecule has 0 amide bonds. The average Bonchev–Trinajstić information content (AvgIpc) is 2.77. The van der Waals surface area contributed by atoms with Crippen LogP contribution in [-0.2, 0) is 0 Å². The van der Waals surface area contributed by atoms with Crippen molar-refractivity contribution in [1.29, 1.82) is 0 Å². The van der Waals surface area contributed by atoms with Crippen molar-refractivity contribution in [3.8, 4) is 11.5 Å². The molecule has 0 saturated carbocycles. The van der Waals surface area contributed by atoms with E-state index in [-0.39, 0.29) is 11.6 Å². The summed E-state index contributed by atoms with van der Waals surface area (Å²) in [6, 6.07) is 0. The molecule has 2 aromatic heterocycles. The van der Waals surface area contributed by atoms with Crippen LogP contribution in [0.3, 0.4) is 0 Å². The predicted molar refractivity (Wildman–Crippen MR) is 71.4 cm³/mol. The van der Waals surface area contributed by atoms with Gasteiger partial charge in [-0.25, -0.2) is 19.3 Å². The van der Waals surface area contributed by atoms with Crippen LogP contribution in [-0.4, -0.2) is 21.5 Å². The van der Waals surface area contributed by atoms with Crippen LogP contribution < -0.4 is 5.32 Å². The summed E-state index contributed by atoms with van der Waals surface area (Å²) < 4.78 is 13.8. The summed E-state index contributed by atoms with van der Waals surface area (Å²) >= 11 is 1.53. The van der Waals surface area contributed by atoms with Crippen LogP contribution in [0, 0.1) is 19.7 Å². The van der Waals surface area contributed by atoms with Crippen molar-refractivity contribution in [1.82, 2.24) is 15.0 Å². The van der Waals surface area contributed by atoms with Gasteiger partial charge in [-0.1, -0.05) is 6.92 Å². The number of hydrogen-bond acceptors (Lipinski definition) is 5. The Bertz CT molecular complexity index is 553. The summed E-state index contributed by atoms with van der Waals surface area (Å²) in [6.45, 7) is 6.25. The zero-order chi connectivity index (χ0) is 13.1. The van der Waals surface area contributed by atoms with Crippen LogP contribution in [0.5, 0.6) is 0 Å². The molecule has 0 atom stereocenters. The second kappa shape index (κ2) is 5.39. The Morgan fingerprint density at radius 3 is 2.67 bits per heavy atom. The fourth-order valence-electron chi connectivity index (χ4n) is 1.50. The second-order valence-corrected chi connectivity index (χ2v) is 5.04. The molecular weight excluding hydrogens is 251 g/mol. The van der Waals surface area contributed by atoms with Gasteiger partial charge in [0.05, 0.1) is 10.7 Å². The Labute approximate surface area is 109 Å². The van der Waals surface area contributed by atoms with Crippen molar-refractivity contribution in [2.45, 2.75) is 27.2 Å². The first kappa shape index (κ1) is 12.9. The van der Waals surface area contributed by atoms with Crippen LogP contribution in [0.1, 0.15) is 24.0 Å². The lowest BCUT2D eigenvalue weighted by atomic mass is 10.3. The van der Waals surface area contributed by atoms with Gasteiger partial charge in [-0.3, -0.25) is 0 Å². The molecule has 0 bridgehead atoms. The number of hydrogen-bond donors (Lipinski definition) is 1. The topological polar surface area (TPSA) is 50.7 Å². The van der Waals surface area contributed by atoms with Crippen molar-refractivity contribution in [2.24, 2.45) is 0 Å². The molecule has 0 spiro atoms. The Balaban J connectivity index is 2.40. The normalized spacial score (nSPS) is 10.7. The summed E-state index contributed by atoms with van der Waals surface area (Å²) in [5.74, 6) is 0.334. The molecular formula is C12H15FN4S. The highest BCUT2D eigenvalue weighted by Gasteiger charge is 2.13. The van der Waals surface area contributed by atoms with Gasteiger partial charge in [0.25, 0.3) is 0 Å². The molecule has 0 aliphatic heterocycles. The Kier molecular flexibility index (Phi) is 3.86. The highest BCUT2D eigenvalue weighted by Crippen LogP contribution is 2.22. The van der Waals surface area contributed by atoms with Crippen molar-refractivity contribution in [3.05, 3.63) is 21.9 Å². The number of aromatic nitrogens is 3. The second-order valence-electron chi connectivity index (χ2n) is 3.97. The van der Waals surface area contributed by atoms with E-state index < -0.39 is 0 Å². The van der Waals surface area contributed by atoms with Crippen molar-refractivity contribution in [3.63, 3.8) is 0 Å². The van der Waals surface area contributed by atoms with E-state index in [1.165, 1.54) is 11.3 Å². The summed E-state index contributed by atoms with van der Waals surface area (Å²) in [5, 5.41) is 5.79. The van der Waals surface area contributed by atoms with E-state index in [0.717, 1.165) is 11.4 Å². The van der Waals surface area contributed by atoms with Gasteiger partial charge in [-0.15, -0.1) is 11.3 Å². The zero-order valence-corrected chi connectivity index (χ0v) is 11.4. The standard InChI is InChI=1S/C12H15FN4S/c1-4-5-14-12-10(13)7(2)15-11(17-12)9-6-18-8(3)16-9/h6H,4-5H2,1-3H3,(H,14,15,17). The summed E-state index contributed by atoms with van der Waals surface area (Å²) in [7, 11) is 0. The molecule has 0 aliphatic rings. The number of rotatable bonds is 4. The van der Waals surface area contributed by atoms with Gasteiger partial charge in [0.15, 0.2) is 17.5 Å². The van der Waals surface area contributed by atoms with Gasteiger partial charge in [0.2, 0.25) is 0 Å². The van der Waals surface area contributed by atoms with Crippen molar-refractivity contribution < 1.29 is 4.39 Å². The fraction of sp³-hybridized carbons (Fsp3) is 0.417. The highest BCUT2D eigenvalue weighted by molar-refractivity contribution is 7.09. The lowest BCUT2D eigenvalue weighted by Gasteiger charge is -2.08. The van der Waals surface area contributed by atoms with Gasteiger partial charge >= 0.3 is 0 Å². The number of nitrogens with zero attached hydrogens (tertiary/aromatic N) is 3. The summed E-state index contributed by atoms with van der Waals surface area (Å²) in [6.07, 6.45) is 0.910. The fourth-order valence-corrected chi connectivity index (χ4v) is 2.09. The van der Waals surface area contributed by atoms with Crippen LogP contribution in [0.15, 0.2) is 5.38 Å². The molecule has 0 aliphatic carbocycles. The van der Waals surface area contributed by atoms with Crippen LogP contribution >= 0.6 is 11.3 Å². The first-order chi connectivity index (χ1) is 8.61. The molecule has 6 heteroatoms. The third-order valence-corrected chi connectivity index (χ3v) is 3.18. The Morgan fingerprint density at radius 2 is 2.06 bits per heavy atom. The van der Waals surface area contributed by atoms with E-state index in [1.54, 1.807) is 6.92 Å². The number of nitrogens with one attached hydrogen (secondary N) is 1. The molecule has 0 aromatic carbocycles. The molecule has 2 heterocycles. The third-order valence-electron chi connectivity index (χ3n) is 2.41. The van der Waals surface area contributed by atoms with E-state index in [0.29, 0.717) is 23.8 Å². The molecule has 0 saturated heterocycles. The molecule has 0 radical (unpaired) electrons. The van der Waals surface area contributed by atoms with E-state index in [1.807, 2.05) is 19.2 Å². The minimum Gasteiger partial charge on any atom is -0.368 e. The van der Waals surface area contributed by atoms with Crippen LogP contribution in [0.2, 0.25) is 0 Å². The van der Waals surface area contributed by atoms with E-state index in [4.69, 9.17) is 0 Å². The molecule has 18 heavy (non-hydrogen) atoms. The van der Waals surface area contributed by atoms with Gasteiger partial charge in [0.1, 0.15) is 5.69 Å². The lowest BCUT2D eigenvalue weighted by molar-refractivity contribution is 0.605. The molecule has 0 unspecified atom stereocenters. The number of anilines is 1. The Hall–Kier alpha value is -1.56. The number of thiazole rings is 1. The van der Waals surface area contributed by atoms with Gasteiger partial charge in [0, 0.05) is 11.9 Å². The maximum Gasteiger partial charge on any atom is 0.186 e. The molecule has 2 aromatic rings. The van der Waals surface area contributed by atoms with Gasteiger partial charge in [-0.05, 0) is 20.3 Å². The quantitative estimate of drug-likeness (QED) is 0.923. The number of aryl methyl sites for hydroxylation is 2. The van der Waals surface area contributed by atoms with Crippen LogP contribution in [0.25, 0.3) is 11.5 Å². The largest absolute Gasteiger partial charge is 0.368 e. The predicted octanol–water partition coefficient (Wildman–Crippen LogP) is 3.18. The molecule has 0 fully saturated rings. The average molecular weight is 266 g/mol. The first-order valence-corrected chi connectivity index (χ1v) is 6.70. The molecule has 96 valence electrons. The molecule has 2 rings (SSSR count). The van der Waals surface area contributed by atoms with E-state index in [2.05, 4.69) is 20.3 Å². The van der Waals surface area contributed by atoms with E-state index in [9.17, 15) is 4.39 Å². The summed E-state index contributed by atoms with van der Waals surface area (Å²) in [4.78, 5) is 12.7. The maximum atomic E-state index is 13.8. The van der Waals surface area contributed by atoms with Gasteiger partial charge in [-0.2, -0.15) is 0 Å². The van der Waals surface area contributed by atoms with Gasteiger partial charge < -0.3 is 5.32 Å². The minimum atomic E-state index is -0.390. The first-order valence-electron chi connectivity index (χ1n) is 5.82. The monoisotopic (exact) mass is 266 g/mol. The SMILES string of the molecule is CCCNc1nc(-c2csc(C)n2)nc(C)c1F.